The van der Waals surface area contributed by atoms with E-state index in [4.69, 9.17) is 0 Å². The maximum absolute atomic E-state index is 12.4. The first kappa shape index (κ1) is 25.0. The molecule has 4 rings (SSSR count). The minimum Gasteiger partial charge on any atom is -0.872 e. The third kappa shape index (κ3) is 5.94. The number of amides is 1. The molecule has 0 spiro atoms. The number of nitro groups is 2. The summed E-state index contributed by atoms with van der Waals surface area (Å²) in [6.45, 7) is 0. The van der Waals surface area contributed by atoms with E-state index in [1.807, 2.05) is 30.3 Å². The van der Waals surface area contributed by atoms with E-state index < -0.39 is 21.5 Å². The number of hydrogen-bond donors (Lipinski definition) is 2. The summed E-state index contributed by atoms with van der Waals surface area (Å²) in [5.41, 5.74) is 3.12. The molecule has 37 heavy (non-hydrogen) atoms. The van der Waals surface area contributed by atoms with Crippen LogP contribution in [0.4, 0.5) is 11.4 Å². The van der Waals surface area contributed by atoms with Crippen molar-refractivity contribution in [2.24, 2.45) is 5.10 Å². The van der Waals surface area contributed by atoms with Crippen molar-refractivity contribution in [2.75, 3.05) is 5.75 Å². The Balaban J connectivity index is 1.52. The molecule has 186 valence electrons. The van der Waals surface area contributed by atoms with Crippen LogP contribution in [0.25, 0.3) is 17.1 Å². The van der Waals surface area contributed by atoms with Crippen molar-refractivity contribution in [1.82, 2.24) is 15.6 Å². The first-order chi connectivity index (χ1) is 17.8. The fourth-order valence-electron chi connectivity index (χ4n) is 3.26. The van der Waals surface area contributed by atoms with Gasteiger partial charge in [0, 0.05) is 24.3 Å². The van der Waals surface area contributed by atoms with Gasteiger partial charge in [-0.05, 0) is 35.5 Å². The molecular weight excluding hydrogens is 502 g/mol. The Morgan fingerprint density at radius 1 is 1.03 bits per heavy atom. The van der Waals surface area contributed by atoms with Gasteiger partial charge in [0.2, 0.25) is 0 Å². The lowest BCUT2D eigenvalue weighted by Crippen LogP contribution is -2.34. The molecule has 1 aromatic heterocycles. The molecule has 14 heteroatoms. The molecule has 1 amide bonds. The van der Waals surface area contributed by atoms with Crippen molar-refractivity contribution >= 4 is 35.3 Å². The number of aromatic amines is 1. The molecular formula is C23H17N7O6S. The summed E-state index contributed by atoms with van der Waals surface area (Å²) in [6, 6.07) is 18.4. The average Bonchev–Trinajstić information content (AvgIpc) is 3.33. The summed E-state index contributed by atoms with van der Waals surface area (Å²) in [7, 11) is 0. The Morgan fingerprint density at radius 3 is 2.49 bits per heavy atom. The molecule has 3 aromatic carbocycles. The molecule has 0 aliphatic carbocycles. The number of thioether (sulfide) groups is 1. The summed E-state index contributed by atoms with van der Waals surface area (Å²) in [5.74, 6) is -0.627. The lowest BCUT2D eigenvalue weighted by atomic mass is 10.2. The van der Waals surface area contributed by atoms with Crippen LogP contribution in [0.5, 0.6) is 5.75 Å². The number of non-ortho nitro benzene ring substituents is 2. The molecule has 0 saturated heterocycles. The lowest BCUT2D eigenvalue weighted by Gasteiger charge is -2.08. The quantitative estimate of drug-likeness (QED) is 0.111. The third-order valence-corrected chi connectivity index (χ3v) is 5.89. The van der Waals surface area contributed by atoms with Gasteiger partial charge in [-0.3, -0.25) is 25.0 Å². The lowest BCUT2D eigenvalue weighted by molar-refractivity contribution is -0.625. The zero-order valence-electron chi connectivity index (χ0n) is 18.8. The number of nitrogens with zero attached hydrogens (tertiary/aromatic N) is 5. The first-order valence-corrected chi connectivity index (χ1v) is 11.5. The molecule has 0 unspecified atom stereocenters. The van der Waals surface area contributed by atoms with Crippen LogP contribution in [0.1, 0.15) is 5.56 Å². The number of H-pyrrole nitrogens is 1. The van der Waals surface area contributed by atoms with Gasteiger partial charge < -0.3 is 5.11 Å². The molecule has 0 aliphatic heterocycles. The van der Waals surface area contributed by atoms with E-state index in [1.165, 1.54) is 12.1 Å². The van der Waals surface area contributed by atoms with Crippen LogP contribution < -0.4 is 15.1 Å². The van der Waals surface area contributed by atoms with E-state index in [1.54, 1.807) is 16.7 Å². The highest BCUT2D eigenvalue weighted by Crippen LogP contribution is 2.24. The van der Waals surface area contributed by atoms with Gasteiger partial charge in [-0.1, -0.05) is 36.1 Å². The van der Waals surface area contributed by atoms with Crippen molar-refractivity contribution < 1.29 is 24.3 Å². The van der Waals surface area contributed by atoms with E-state index in [9.17, 15) is 30.1 Å². The monoisotopic (exact) mass is 519 g/mol. The van der Waals surface area contributed by atoms with Gasteiger partial charge in [-0.25, -0.2) is 5.43 Å². The highest BCUT2D eigenvalue weighted by Gasteiger charge is 2.25. The highest BCUT2D eigenvalue weighted by atomic mass is 32.2. The van der Waals surface area contributed by atoms with Gasteiger partial charge in [0.25, 0.3) is 23.1 Å². The number of para-hydroxylation sites is 1. The number of rotatable bonds is 9. The fraction of sp³-hybridized carbons (Fsp3) is 0.0435. The second-order valence-corrected chi connectivity index (χ2v) is 8.34. The Kier molecular flexibility index (Phi) is 7.49. The van der Waals surface area contributed by atoms with Crippen LogP contribution in [0.3, 0.4) is 0 Å². The fourth-order valence-corrected chi connectivity index (χ4v) is 4.02. The van der Waals surface area contributed by atoms with Crippen LogP contribution in [0.15, 0.2) is 83.1 Å². The van der Waals surface area contributed by atoms with E-state index in [-0.39, 0.29) is 22.7 Å². The Hall–Kier alpha value is -5.11. The standard InChI is InChI=1S/C23H17N7O6S/c31-20-10-9-19(30(35)36)12-16(20)13-24-25-21(32)14-37-23-27-26-22(28(23)17-6-2-1-3-7-17)15-5-4-8-18(11-15)29(33)34/h1-13H,14H2,(H2,24,25,31,32). The Labute approximate surface area is 212 Å². The summed E-state index contributed by atoms with van der Waals surface area (Å²) in [4.78, 5) is 33.3. The number of nitro benzene ring substituents is 2. The van der Waals surface area contributed by atoms with Gasteiger partial charge in [-0.2, -0.15) is 9.67 Å². The smallest absolute Gasteiger partial charge is 0.342 e. The second-order valence-electron chi connectivity index (χ2n) is 7.39. The molecule has 0 bridgehead atoms. The number of carbonyl (C=O) groups excluding carboxylic acids is 1. The first-order valence-electron chi connectivity index (χ1n) is 10.5. The molecule has 1 heterocycles. The average molecular weight is 519 g/mol. The van der Waals surface area contributed by atoms with Crippen LogP contribution in [0, 0.1) is 20.2 Å². The highest BCUT2D eigenvalue weighted by molar-refractivity contribution is 7.99. The van der Waals surface area contributed by atoms with Crippen LogP contribution in [-0.2, 0) is 4.79 Å². The molecule has 0 fully saturated rings. The largest absolute Gasteiger partial charge is 0.872 e. The Bertz CT molecular complexity index is 1510. The minimum atomic E-state index is -0.639. The zero-order valence-corrected chi connectivity index (χ0v) is 19.6. The Morgan fingerprint density at radius 2 is 1.76 bits per heavy atom. The summed E-state index contributed by atoms with van der Waals surface area (Å²) >= 11 is 1.08. The van der Waals surface area contributed by atoms with Crippen molar-refractivity contribution in [1.29, 1.82) is 0 Å². The van der Waals surface area contributed by atoms with Crippen molar-refractivity contribution in [2.45, 2.75) is 5.16 Å². The number of benzene rings is 3. The van der Waals surface area contributed by atoms with Crippen LogP contribution in [-0.4, -0.2) is 37.9 Å². The van der Waals surface area contributed by atoms with Crippen molar-refractivity contribution in [3.63, 3.8) is 0 Å². The second kappa shape index (κ2) is 11.1. The van der Waals surface area contributed by atoms with Gasteiger partial charge in [0.1, 0.15) is 5.69 Å². The molecule has 0 aliphatic rings. The van der Waals surface area contributed by atoms with Gasteiger partial charge in [0.15, 0.2) is 0 Å². The maximum atomic E-state index is 12.4. The maximum Gasteiger partial charge on any atom is 0.342 e. The molecule has 2 N–H and O–H groups in total. The summed E-state index contributed by atoms with van der Waals surface area (Å²) in [5, 5.41) is 45.3. The number of aromatic nitrogens is 3. The number of nitrogens with one attached hydrogen (secondary N) is 2. The molecule has 4 aromatic rings. The van der Waals surface area contributed by atoms with E-state index >= 15 is 0 Å². The van der Waals surface area contributed by atoms with Gasteiger partial charge in [0.05, 0.1) is 32.5 Å². The zero-order chi connectivity index (χ0) is 26.4. The summed E-state index contributed by atoms with van der Waals surface area (Å²) < 4.78 is 1.73. The summed E-state index contributed by atoms with van der Waals surface area (Å²) in [6.07, 6.45) is 1.04. The normalized spacial score (nSPS) is 10.9. The number of carbonyl (C=O) groups is 1. The number of hydrogen-bond acceptors (Lipinski definition) is 9. The topological polar surface area (TPSA) is 183 Å². The van der Waals surface area contributed by atoms with E-state index in [0.717, 1.165) is 36.2 Å². The van der Waals surface area contributed by atoms with Crippen LogP contribution >= 0.6 is 11.8 Å². The molecule has 0 radical (unpaired) electrons. The third-order valence-electron chi connectivity index (χ3n) is 4.95. The SMILES string of the molecule is O=C(CSc1n[nH]c(-c2cccc([N+](=O)[O-])c2)[n+]1-c1ccccc1)NN=Cc1cc([N+](=O)[O-])ccc1[O-]. The molecule has 13 nitrogen and oxygen atoms in total. The molecule has 0 saturated carbocycles. The van der Waals surface area contributed by atoms with E-state index in [0.29, 0.717) is 22.2 Å². The van der Waals surface area contributed by atoms with Crippen molar-refractivity contribution in [3.8, 4) is 22.8 Å². The molecule has 0 atom stereocenters. The van der Waals surface area contributed by atoms with Crippen molar-refractivity contribution in [3.05, 3.63) is 98.6 Å². The van der Waals surface area contributed by atoms with Crippen LogP contribution in [0.2, 0.25) is 0 Å². The predicted molar refractivity (Wildman–Crippen MR) is 131 cm³/mol. The van der Waals surface area contributed by atoms with Gasteiger partial charge in [-0.15, -0.1) is 5.10 Å². The van der Waals surface area contributed by atoms with Gasteiger partial charge >= 0.3 is 5.16 Å². The van der Waals surface area contributed by atoms with E-state index in [2.05, 4.69) is 20.7 Å². The number of hydrazone groups is 1. The minimum absolute atomic E-state index is 0.0435. The predicted octanol–water partition coefficient (Wildman–Crippen LogP) is 2.49.